The Hall–Kier alpha value is -4.67. The van der Waals surface area contributed by atoms with Crippen LogP contribution in [0.15, 0.2) is 71.9 Å². The van der Waals surface area contributed by atoms with E-state index in [1.807, 2.05) is 73.7 Å². The summed E-state index contributed by atoms with van der Waals surface area (Å²) in [6.45, 7) is 2.04. The predicted octanol–water partition coefficient (Wildman–Crippen LogP) is 5.97. The minimum Gasteiger partial charge on any atom is -0.479 e. The molecule has 2 aromatic carbocycles. The molecule has 0 radical (unpaired) electrons. The Kier molecular flexibility index (Phi) is 11.2. The summed E-state index contributed by atoms with van der Waals surface area (Å²) in [5, 5.41) is 20.4. The zero-order chi connectivity index (χ0) is 35.1. The van der Waals surface area contributed by atoms with Gasteiger partial charge in [0.05, 0.1) is 12.3 Å². The second-order valence-corrected chi connectivity index (χ2v) is 13.9. The first kappa shape index (κ1) is 35.2. The minimum atomic E-state index is -1.42. The molecule has 5 atom stereocenters. The van der Waals surface area contributed by atoms with Gasteiger partial charge in [0.15, 0.2) is 0 Å². The average Bonchev–Trinajstić information content (AvgIpc) is 3.40. The van der Waals surface area contributed by atoms with E-state index in [2.05, 4.69) is 15.8 Å². The largest absolute Gasteiger partial charge is 0.479 e. The Morgan fingerprint density at radius 2 is 1.72 bits per heavy atom. The highest BCUT2D eigenvalue weighted by Crippen LogP contribution is 2.45. The molecule has 2 heterocycles. The molecule has 266 valence electrons. The van der Waals surface area contributed by atoms with Crippen LogP contribution in [0.4, 0.5) is 4.79 Å². The molecule has 11 nitrogen and oxygen atoms in total. The highest BCUT2D eigenvalue weighted by atomic mass is 16.6. The van der Waals surface area contributed by atoms with E-state index in [0.717, 1.165) is 67.3 Å². The van der Waals surface area contributed by atoms with E-state index in [4.69, 9.17) is 9.57 Å². The van der Waals surface area contributed by atoms with E-state index in [1.165, 1.54) is 4.90 Å². The number of carbonyl (C=O) groups is 4. The quantitative estimate of drug-likeness (QED) is 0.176. The van der Waals surface area contributed by atoms with Crippen LogP contribution in [0.1, 0.15) is 89.5 Å². The number of carbonyl (C=O) groups excluding carboxylic acids is 3. The molecule has 0 unspecified atom stereocenters. The molecule has 3 fully saturated rings. The number of ether oxygens (including phenoxy) is 1. The van der Waals surface area contributed by atoms with E-state index in [9.17, 15) is 24.3 Å². The van der Waals surface area contributed by atoms with Crippen LogP contribution in [0.5, 0.6) is 0 Å². The molecule has 2 saturated carbocycles. The maximum atomic E-state index is 14.3. The van der Waals surface area contributed by atoms with Gasteiger partial charge in [0.2, 0.25) is 11.8 Å². The monoisotopic (exact) mass is 684 g/mol. The summed E-state index contributed by atoms with van der Waals surface area (Å²) in [5.74, 6) is -2.40. The minimum absolute atomic E-state index is 0.0526. The highest BCUT2D eigenvalue weighted by molar-refractivity contribution is 6.05. The number of nitrogens with zero attached hydrogens (tertiary/aromatic N) is 2. The Bertz CT molecular complexity index is 1600. The van der Waals surface area contributed by atoms with E-state index in [-0.39, 0.29) is 31.4 Å². The number of hydrogen-bond acceptors (Lipinski definition) is 7. The fraction of sp³-hybridized carbons (Fsp3) is 0.513. The number of carboxylic acids is 1. The smallest absolute Gasteiger partial charge is 0.408 e. The summed E-state index contributed by atoms with van der Waals surface area (Å²) in [5.41, 5.74) is 2.28. The molecule has 6 rings (SSSR count). The second-order valence-electron chi connectivity index (χ2n) is 13.9. The molecule has 3 amide bonds. The molecule has 11 heteroatoms. The van der Waals surface area contributed by atoms with Gasteiger partial charge in [-0.25, -0.2) is 9.59 Å². The van der Waals surface area contributed by atoms with Crippen LogP contribution >= 0.6 is 0 Å². The molecule has 0 spiro atoms. The van der Waals surface area contributed by atoms with E-state index in [1.54, 1.807) is 0 Å². The van der Waals surface area contributed by atoms with Gasteiger partial charge in [-0.2, -0.15) is 0 Å². The third kappa shape index (κ3) is 8.03. The summed E-state index contributed by atoms with van der Waals surface area (Å²) < 4.78 is 5.64. The maximum Gasteiger partial charge on any atom is 0.408 e. The summed E-state index contributed by atoms with van der Waals surface area (Å²) >= 11 is 0. The predicted molar refractivity (Wildman–Crippen MR) is 188 cm³/mol. The first-order valence-electron chi connectivity index (χ1n) is 18.2. The molecular weight excluding hydrogens is 636 g/mol. The van der Waals surface area contributed by atoms with Crippen LogP contribution in [0.3, 0.4) is 0 Å². The molecule has 50 heavy (non-hydrogen) atoms. The third-order valence-electron chi connectivity index (χ3n) is 10.5. The lowest BCUT2D eigenvalue weighted by Gasteiger charge is -2.29. The Labute approximate surface area is 293 Å². The van der Waals surface area contributed by atoms with Crippen LogP contribution in [0, 0.1) is 5.92 Å². The van der Waals surface area contributed by atoms with Crippen molar-refractivity contribution in [3.63, 3.8) is 0 Å². The molecule has 1 saturated heterocycles. The molecule has 2 aromatic rings. The van der Waals surface area contributed by atoms with Crippen molar-refractivity contribution in [3.05, 3.63) is 72.3 Å². The Morgan fingerprint density at radius 3 is 2.48 bits per heavy atom. The van der Waals surface area contributed by atoms with Gasteiger partial charge in [-0.15, -0.1) is 0 Å². The van der Waals surface area contributed by atoms with Gasteiger partial charge in [0.25, 0.3) is 0 Å². The maximum absolute atomic E-state index is 14.3. The van der Waals surface area contributed by atoms with Gasteiger partial charge < -0.3 is 30.2 Å². The second kappa shape index (κ2) is 15.9. The number of fused-ring (bicyclic) bond motifs is 2. The average molecular weight is 685 g/mol. The number of amides is 3. The number of benzene rings is 2. The first-order chi connectivity index (χ1) is 24.3. The number of hydrogen-bond donors (Lipinski definition) is 3. The van der Waals surface area contributed by atoms with Crippen LogP contribution in [0.2, 0.25) is 0 Å². The summed E-state index contributed by atoms with van der Waals surface area (Å²) in [7, 11) is 0. The number of carboxylic acid groups (broad SMARTS) is 1. The number of aliphatic carboxylic acids is 1. The summed E-state index contributed by atoms with van der Waals surface area (Å²) in [4.78, 5) is 61.3. The lowest BCUT2D eigenvalue weighted by atomic mass is 9.96. The van der Waals surface area contributed by atoms with Crippen molar-refractivity contribution in [3.8, 4) is 11.1 Å². The van der Waals surface area contributed by atoms with Crippen LogP contribution in [-0.4, -0.2) is 76.0 Å². The lowest BCUT2D eigenvalue weighted by molar-refractivity contribution is -0.145. The number of allylic oxidation sites excluding steroid dienone is 1. The molecule has 2 aliphatic heterocycles. The van der Waals surface area contributed by atoms with E-state index in [0.29, 0.717) is 19.3 Å². The van der Waals surface area contributed by atoms with E-state index < -0.39 is 47.6 Å². The summed E-state index contributed by atoms with van der Waals surface area (Å²) in [6.07, 6.45) is 10.5. The van der Waals surface area contributed by atoms with Crippen molar-refractivity contribution < 1.29 is 33.9 Å². The van der Waals surface area contributed by atoms with Gasteiger partial charge in [0, 0.05) is 17.9 Å². The number of nitrogens with one attached hydrogen (secondary N) is 2. The molecule has 4 aliphatic rings. The van der Waals surface area contributed by atoms with Gasteiger partial charge in [0.1, 0.15) is 29.8 Å². The highest BCUT2D eigenvalue weighted by Gasteiger charge is 2.61. The number of alkyl carbamates (subject to hydrolysis) is 1. The van der Waals surface area contributed by atoms with Gasteiger partial charge in [-0.05, 0) is 68.9 Å². The molecule has 2 aliphatic carbocycles. The van der Waals surface area contributed by atoms with Crippen molar-refractivity contribution in [2.45, 2.75) is 114 Å². The fourth-order valence-electron chi connectivity index (χ4n) is 7.52. The lowest BCUT2D eigenvalue weighted by Crippen LogP contribution is -2.56. The fourth-order valence-corrected chi connectivity index (χ4v) is 7.52. The van der Waals surface area contributed by atoms with Crippen LogP contribution < -0.4 is 10.6 Å². The molecular formula is C39H48N4O7. The van der Waals surface area contributed by atoms with Crippen molar-refractivity contribution in [1.82, 2.24) is 15.5 Å². The van der Waals surface area contributed by atoms with Crippen molar-refractivity contribution in [2.75, 3.05) is 6.54 Å². The molecule has 3 N–H and O–H groups in total. The molecule has 0 bridgehead atoms. The van der Waals surface area contributed by atoms with Crippen molar-refractivity contribution >= 4 is 29.6 Å². The van der Waals surface area contributed by atoms with Crippen LogP contribution in [0.25, 0.3) is 11.1 Å². The standard InChI is InChI=1S/C39H48N4O7/c1-2-32(31-21-14-13-20-30(31)26-15-7-6-8-16-26)42-50-29-23-34-35(44)41-39(37(46)47)24-27(39)17-9-4-3-5-10-22-33(36(45)43(34)25-29)40-38(48)49-28-18-11-12-19-28/h6-9,13-17,20-21,27-29,33-34H,2-5,10-12,18-19,22-25H2,1H3,(H,40,48)(H,41,44)(H,46,47)/b17-9-,42-32+/t27-,29-,33+,34+,39+/m1/s1. The van der Waals surface area contributed by atoms with Crippen LogP contribution in [-0.2, 0) is 24.0 Å². The Morgan fingerprint density at radius 1 is 0.980 bits per heavy atom. The zero-order valence-electron chi connectivity index (χ0n) is 28.7. The number of oxime groups is 1. The van der Waals surface area contributed by atoms with E-state index >= 15 is 0 Å². The zero-order valence-corrected chi connectivity index (χ0v) is 28.7. The SMILES string of the molecule is CC/C(=N\O[C@@H]1C[C@H]2C(=O)N[C@@]3(C(=O)O)C[C@H]3/C=C\CCCCC[C@H](NC(=O)OC3CCCC3)C(=O)N2C1)c1ccccc1-c1ccccc1. The Balaban J connectivity index is 1.25. The van der Waals surface area contributed by atoms with Gasteiger partial charge in [-0.1, -0.05) is 91.7 Å². The van der Waals surface area contributed by atoms with Gasteiger partial charge >= 0.3 is 12.1 Å². The van der Waals surface area contributed by atoms with Crippen molar-refractivity contribution in [2.24, 2.45) is 11.1 Å². The summed E-state index contributed by atoms with van der Waals surface area (Å²) in [6, 6.07) is 16.1. The first-order valence-corrected chi connectivity index (χ1v) is 18.2. The number of rotatable bonds is 8. The topological polar surface area (TPSA) is 147 Å². The van der Waals surface area contributed by atoms with Gasteiger partial charge in [-0.3, -0.25) is 9.59 Å². The normalized spacial score (nSPS) is 28.3. The molecule has 0 aromatic heterocycles. The third-order valence-corrected chi connectivity index (χ3v) is 10.5. The van der Waals surface area contributed by atoms with Crippen molar-refractivity contribution in [1.29, 1.82) is 0 Å².